The Morgan fingerprint density at radius 3 is 2.27 bits per heavy atom. The van der Waals surface area contributed by atoms with Crippen LogP contribution in [0.1, 0.15) is 34.0 Å². The largest absolute Gasteiger partial charge is 0.465 e. The van der Waals surface area contributed by atoms with Crippen LogP contribution in [-0.4, -0.2) is 27.2 Å². The minimum absolute atomic E-state index is 0.159. The number of hydrogen-bond acceptors (Lipinski definition) is 6. The molecule has 1 N–H and O–H groups in total. The Hall–Kier alpha value is -4.66. The van der Waals surface area contributed by atoms with Crippen LogP contribution in [0.4, 0.5) is 5.69 Å². The van der Waals surface area contributed by atoms with E-state index < -0.39 is 17.3 Å². The molecule has 0 bridgehead atoms. The van der Waals surface area contributed by atoms with Crippen LogP contribution < -0.4 is 21.7 Å². The fourth-order valence-corrected chi connectivity index (χ4v) is 3.78. The molecule has 3 aromatic carbocycles. The normalized spacial score (nSPS) is 11.4. The molecule has 0 aliphatic rings. The van der Waals surface area contributed by atoms with E-state index in [1.54, 1.807) is 49.4 Å². The number of methoxy groups -OCH3 is 1. The molecule has 9 heteroatoms. The van der Waals surface area contributed by atoms with E-state index >= 15 is 0 Å². The average Bonchev–Trinajstić information content (AvgIpc) is 2.89. The third-order valence-corrected chi connectivity index (χ3v) is 5.86. The lowest BCUT2D eigenvalue weighted by Crippen LogP contribution is -2.49. The number of carbonyl (C=O) groups is 1. The molecular weight excluding hydrogens is 472 g/mol. The topological polar surface area (TPSA) is 108 Å². The molecule has 0 atom stereocenters. The monoisotopic (exact) mass is 500 g/mol. The van der Waals surface area contributed by atoms with Crippen molar-refractivity contribution in [2.24, 2.45) is 4.99 Å². The van der Waals surface area contributed by atoms with Gasteiger partial charge in [-0.3, -0.25) is 9.55 Å². The molecule has 0 saturated heterocycles. The summed E-state index contributed by atoms with van der Waals surface area (Å²) in [5, 5.41) is 0. The number of rotatable bonds is 7. The first-order valence-electron chi connectivity index (χ1n) is 11.8. The van der Waals surface area contributed by atoms with Crippen LogP contribution in [0.5, 0.6) is 11.5 Å². The summed E-state index contributed by atoms with van der Waals surface area (Å²) in [5.41, 5.74) is 3.02. The summed E-state index contributed by atoms with van der Waals surface area (Å²) in [5.74, 6) is 0.744. The summed E-state index contributed by atoms with van der Waals surface area (Å²) in [6, 6.07) is 19.8. The molecule has 0 fully saturated rings. The second-order valence-corrected chi connectivity index (χ2v) is 8.53. The number of H-pyrrole nitrogens is 1. The minimum Gasteiger partial charge on any atom is -0.465 e. The van der Waals surface area contributed by atoms with Crippen LogP contribution in [-0.2, 0) is 17.8 Å². The van der Waals surface area contributed by atoms with Gasteiger partial charge in [0.05, 0.1) is 24.9 Å². The lowest BCUT2D eigenvalue weighted by molar-refractivity contribution is 0.0600. The number of nitrogens with zero attached hydrogens (tertiary/aromatic N) is 3. The standard InChI is InChI=1S/C28H28N4O5/c1-5-31-27(34)30-26(32(28(31)35)17-20-8-6-18(2)7-9-20)29-22-12-15-24(19(3)16-22)37-23-13-10-21(11-14-23)25(33)36-4/h6-16H,5,17H2,1-4H3,(H,29,30,34). The van der Waals surface area contributed by atoms with Crippen LogP contribution in [0.25, 0.3) is 0 Å². The zero-order chi connectivity index (χ0) is 26.5. The Labute approximate surface area is 213 Å². The van der Waals surface area contributed by atoms with E-state index in [1.165, 1.54) is 11.7 Å². The van der Waals surface area contributed by atoms with E-state index in [0.29, 0.717) is 22.7 Å². The molecule has 1 heterocycles. The number of carbonyl (C=O) groups excluding carboxylic acids is 1. The molecule has 190 valence electrons. The number of benzene rings is 3. The van der Waals surface area contributed by atoms with Crippen molar-refractivity contribution in [3.05, 3.63) is 116 Å². The van der Waals surface area contributed by atoms with Crippen molar-refractivity contribution < 1.29 is 14.3 Å². The summed E-state index contributed by atoms with van der Waals surface area (Å²) in [6.07, 6.45) is 0. The Balaban J connectivity index is 1.68. The maximum absolute atomic E-state index is 13.1. The minimum atomic E-state index is -0.515. The van der Waals surface area contributed by atoms with Gasteiger partial charge in [-0.05, 0) is 74.4 Å². The average molecular weight is 501 g/mol. The number of esters is 1. The SMILES string of the molecule is CCn1c(=O)[nH]/c(=N\c2ccc(Oc3ccc(C(=O)OC)cc3)c(C)c2)n(Cc2ccc(C)cc2)c1=O. The molecule has 9 nitrogen and oxygen atoms in total. The predicted octanol–water partition coefficient (Wildman–Crippen LogP) is 3.83. The fraction of sp³-hybridized carbons (Fsp3) is 0.214. The number of nitrogens with one attached hydrogen (secondary N) is 1. The van der Waals surface area contributed by atoms with Gasteiger partial charge in [-0.2, -0.15) is 0 Å². The Kier molecular flexibility index (Phi) is 7.52. The van der Waals surface area contributed by atoms with Crippen molar-refractivity contribution in [3.8, 4) is 11.5 Å². The highest BCUT2D eigenvalue weighted by Crippen LogP contribution is 2.28. The van der Waals surface area contributed by atoms with Crippen molar-refractivity contribution in [2.75, 3.05) is 7.11 Å². The van der Waals surface area contributed by atoms with Crippen LogP contribution in [0.15, 0.2) is 81.3 Å². The van der Waals surface area contributed by atoms with Crippen molar-refractivity contribution in [1.82, 2.24) is 14.1 Å². The molecule has 4 aromatic rings. The molecule has 0 aliphatic heterocycles. The third-order valence-electron chi connectivity index (χ3n) is 5.86. The summed E-state index contributed by atoms with van der Waals surface area (Å²) >= 11 is 0. The second kappa shape index (κ2) is 10.9. The molecule has 4 rings (SSSR count). The Morgan fingerprint density at radius 1 is 0.946 bits per heavy atom. The molecule has 0 radical (unpaired) electrons. The number of hydrogen-bond donors (Lipinski definition) is 1. The maximum atomic E-state index is 13.1. The molecule has 1 aromatic heterocycles. The smallest absolute Gasteiger partial charge is 0.337 e. The van der Waals surface area contributed by atoms with Gasteiger partial charge in [0.25, 0.3) is 0 Å². The van der Waals surface area contributed by atoms with Crippen molar-refractivity contribution >= 4 is 11.7 Å². The number of aromatic nitrogens is 3. The third kappa shape index (κ3) is 5.78. The quantitative estimate of drug-likeness (QED) is 0.388. The second-order valence-electron chi connectivity index (χ2n) is 8.53. The molecule has 0 aliphatic carbocycles. The van der Waals surface area contributed by atoms with Crippen LogP contribution in [0, 0.1) is 13.8 Å². The highest BCUT2D eigenvalue weighted by molar-refractivity contribution is 5.89. The van der Waals surface area contributed by atoms with Crippen LogP contribution >= 0.6 is 0 Å². The summed E-state index contributed by atoms with van der Waals surface area (Å²) < 4.78 is 13.3. The van der Waals surface area contributed by atoms with Gasteiger partial charge in [0.15, 0.2) is 0 Å². The van der Waals surface area contributed by atoms with Gasteiger partial charge >= 0.3 is 17.3 Å². The van der Waals surface area contributed by atoms with E-state index in [4.69, 9.17) is 9.47 Å². The summed E-state index contributed by atoms with van der Waals surface area (Å²) in [6.45, 7) is 6.11. The van der Waals surface area contributed by atoms with Crippen molar-refractivity contribution in [1.29, 1.82) is 0 Å². The summed E-state index contributed by atoms with van der Waals surface area (Å²) in [4.78, 5) is 44.6. The van der Waals surface area contributed by atoms with Gasteiger partial charge in [-0.1, -0.05) is 29.8 Å². The maximum Gasteiger partial charge on any atom is 0.337 e. The number of ether oxygens (including phenoxy) is 2. The zero-order valence-corrected chi connectivity index (χ0v) is 21.1. The highest BCUT2D eigenvalue weighted by atomic mass is 16.5. The van der Waals surface area contributed by atoms with Gasteiger partial charge in [0.2, 0.25) is 5.62 Å². The first kappa shape index (κ1) is 25.4. The highest BCUT2D eigenvalue weighted by Gasteiger charge is 2.10. The zero-order valence-electron chi connectivity index (χ0n) is 21.1. The van der Waals surface area contributed by atoms with Gasteiger partial charge in [0, 0.05) is 6.54 Å². The molecule has 0 amide bonds. The van der Waals surface area contributed by atoms with Gasteiger partial charge < -0.3 is 9.47 Å². The van der Waals surface area contributed by atoms with E-state index in [0.717, 1.165) is 21.3 Å². The predicted molar refractivity (Wildman–Crippen MR) is 140 cm³/mol. The fourth-order valence-electron chi connectivity index (χ4n) is 3.78. The lowest BCUT2D eigenvalue weighted by Gasteiger charge is -2.11. The van der Waals surface area contributed by atoms with Crippen LogP contribution in [0.3, 0.4) is 0 Å². The Bertz CT molecular complexity index is 1610. The number of aryl methyl sites for hydroxylation is 2. The first-order valence-corrected chi connectivity index (χ1v) is 11.8. The number of aromatic amines is 1. The summed E-state index contributed by atoms with van der Waals surface area (Å²) in [7, 11) is 1.33. The van der Waals surface area contributed by atoms with E-state index in [2.05, 4.69) is 9.98 Å². The molecule has 0 spiro atoms. The first-order chi connectivity index (χ1) is 17.8. The molecule has 0 unspecified atom stereocenters. The Morgan fingerprint density at radius 2 is 1.65 bits per heavy atom. The van der Waals surface area contributed by atoms with Gasteiger partial charge in [-0.15, -0.1) is 0 Å². The van der Waals surface area contributed by atoms with Crippen molar-refractivity contribution in [3.63, 3.8) is 0 Å². The van der Waals surface area contributed by atoms with E-state index in [9.17, 15) is 14.4 Å². The molecule has 0 saturated carbocycles. The van der Waals surface area contributed by atoms with Crippen LogP contribution in [0.2, 0.25) is 0 Å². The van der Waals surface area contributed by atoms with E-state index in [-0.39, 0.29) is 18.7 Å². The van der Waals surface area contributed by atoms with Gasteiger partial charge in [0.1, 0.15) is 11.5 Å². The van der Waals surface area contributed by atoms with Crippen molar-refractivity contribution in [2.45, 2.75) is 33.9 Å². The lowest BCUT2D eigenvalue weighted by atomic mass is 10.1. The molecular formula is C28H28N4O5. The molecule has 37 heavy (non-hydrogen) atoms. The van der Waals surface area contributed by atoms with Gasteiger partial charge in [-0.25, -0.2) is 23.9 Å². The van der Waals surface area contributed by atoms with E-state index in [1.807, 2.05) is 38.1 Å².